The van der Waals surface area contributed by atoms with Gasteiger partial charge in [0.05, 0.1) is 15.6 Å². The molecule has 1 aromatic heterocycles. The predicted molar refractivity (Wildman–Crippen MR) is 179 cm³/mol. The molecule has 46 heavy (non-hydrogen) atoms. The van der Waals surface area contributed by atoms with Crippen molar-refractivity contribution < 1.29 is 23.9 Å². The van der Waals surface area contributed by atoms with E-state index in [1.165, 1.54) is 11.3 Å². The Balaban J connectivity index is 1.34. The largest absolute Gasteiger partial charge is 0.457 e. The highest BCUT2D eigenvalue weighted by atomic mass is 32.1. The molecule has 0 saturated carbocycles. The number of rotatable bonds is 5. The van der Waals surface area contributed by atoms with Crippen LogP contribution in [0.1, 0.15) is 71.6 Å². The number of carbonyl (C=O) groups excluding carboxylic acids is 3. The van der Waals surface area contributed by atoms with E-state index >= 15 is 0 Å². The van der Waals surface area contributed by atoms with Crippen molar-refractivity contribution in [2.45, 2.75) is 63.8 Å². The number of benzene rings is 3. The van der Waals surface area contributed by atoms with Gasteiger partial charge in [0.15, 0.2) is 5.78 Å². The molecule has 1 saturated heterocycles. The monoisotopic (exact) mass is 641 g/mol. The molecule has 2 unspecified atom stereocenters. The lowest BCUT2D eigenvalue weighted by Gasteiger charge is -2.37. The Hall–Kier alpha value is -4.45. The van der Waals surface area contributed by atoms with Gasteiger partial charge in [-0.2, -0.15) is 0 Å². The zero-order valence-corrected chi connectivity index (χ0v) is 27.2. The Morgan fingerprint density at radius 2 is 1.76 bits per heavy atom. The summed E-state index contributed by atoms with van der Waals surface area (Å²) in [6, 6.07) is 16.8. The van der Waals surface area contributed by atoms with Crippen molar-refractivity contribution in [3.8, 4) is 11.5 Å². The number of nitrogens with two attached hydrogens (primary N) is 3. The van der Waals surface area contributed by atoms with Crippen LogP contribution in [0.4, 0.5) is 10.5 Å². The highest BCUT2D eigenvalue weighted by Crippen LogP contribution is 2.50. The number of likely N-dealkylation sites (tertiary alicyclic amines) is 1. The number of thiophene rings is 1. The molecule has 2 amide bonds. The molecule has 2 aliphatic rings. The fourth-order valence-corrected chi connectivity index (χ4v) is 7.64. The second-order valence-electron chi connectivity index (χ2n) is 13.0. The molecule has 2 heterocycles. The summed E-state index contributed by atoms with van der Waals surface area (Å²) in [5, 5.41) is 3.71. The highest BCUT2D eigenvalue weighted by molar-refractivity contribution is 7.21. The van der Waals surface area contributed by atoms with Gasteiger partial charge in [0, 0.05) is 35.8 Å². The van der Waals surface area contributed by atoms with E-state index in [0.29, 0.717) is 74.8 Å². The molecule has 10 nitrogen and oxygen atoms in total. The summed E-state index contributed by atoms with van der Waals surface area (Å²) < 4.78 is 12.2. The molecule has 0 spiro atoms. The molecule has 1 aliphatic heterocycles. The van der Waals surface area contributed by atoms with E-state index in [-0.39, 0.29) is 11.9 Å². The van der Waals surface area contributed by atoms with Crippen molar-refractivity contribution in [2.75, 3.05) is 18.8 Å². The van der Waals surface area contributed by atoms with E-state index in [1.807, 2.05) is 64.1 Å². The number of nitrogen functional groups attached to an aromatic ring is 1. The Bertz CT molecular complexity index is 1850. The van der Waals surface area contributed by atoms with E-state index in [9.17, 15) is 14.4 Å². The Labute approximate surface area is 271 Å². The quantitative estimate of drug-likeness (QED) is 0.208. The molecule has 0 radical (unpaired) electrons. The second-order valence-corrected chi connectivity index (χ2v) is 14.1. The topological polar surface area (TPSA) is 163 Å². The van der Waals surface area contributed by atoms with E-state index in [1.54, 1.807) is 29.2 Å². The van der Waals surface area contributed by atoms with Gasteiger partial charge < -0.3 is 36.9 Å². The molecule has 4 aromatic rings. The van der Waals surface area contributed by atoms with E-state index in [4.69, 9.17) is 26.7 Å². The van der Waals surface area contributed by atoms with Gasteiger partial charge in [-0.05, 0) is 87.6 Å². The summed E-state index contributed by atoms with van der Waals surface area (Å²) >= 11 is 1.20. The number of carbonyl (C=O) groups is 3. The summed E-state index contributed by atoms with van der Waals surface area (Å²) in [4.78, 5) is 42.7. The van der Waals surface area contributed by atoms with Crippen LogP contribution >= 0.6 is 11.3 Å². The van der Waals surface area contributed by atoms with Crippen LogP contribution in [-0.2, 0) is 15.1 Å². The molecule has 3 aromatic carbocycles. The summed E-state index contributed by atoms with van der Waals surface area (Å²) in [5.74, 6) is 0.498. The first-order valence-corrected chi connectivity index (χ1v) is 16.2. The number of aryl methyl sites for hydroxylation is 1. The highest BCUT2D eigenvalue weighted by Gasteiger charge is 2.49. The van der Waals surface area contributed by atoms with Crippen molar-refractivity contribution in [3.05, 3.63) is 87.8 Å². The molecule has 11 heteroatoms. The third-order valence-corrected chi connectivity index (χ3v) is 9.78. The average Bonchev–Trinajstić information content (AvgIpc) is 3.41. The second kappa shape index (κ2) is 11.7. The molecule has 6 rings (SSSR count). The maximum Gasteiger partial charge on any atom is 0.410 e. The van der Waals surface area contributed by atoms with E-state index in [2.05, 4.69) is 5.32 Å². The van der Waals surface area contributed by atoms with Crippen LogP contribution in [0.15, 0.2) is 60.7 Å². The van der Waals surface area contributed by atoms with Gasteiger partial charge in [-0.3, -0.25) is 9.59 Å². The number of ketones is 1. The number of piperidine rings is 1. The Kier molecular flexibility index (Phi) is 8.04. The normalized spacial score (nSPS) is 21.3. The number of nitrogens with one attached hydrogen (secondary N) is 1. The van der Waals surface area contributed by atoms with Crippen molar-refractivity contribution >= 4 is 44.9 Å². The maximum atomic E-state index is 14.3. The van der Waals surface area contributed by atoms with Crippen molar-refractivity contribution in [1.29, 1.82) is 0 Å². The number of para-hydroxylation sites is 1. The number of amides is 2. The van der Waals surface area contributed by atoms with Gasteiger partial charge in [0.2, 0.25) is 0 Å². The van der Waals surface area contributed by atoms with Crippen LogP contribution in [0, 0.1) is 6.92 Å². The number of ether oxygens (including phenoxy) is 2. The zero-order valence-electron chi connectivity index (χ0n) is 26.4. The van der Waals surface area contributed by atoms with Gasteiger partial charge in [-0.15, -0.1) is 11.3 Å². The first kappa shape index (κ1) is 31.5. The molecular weight excluding hydrogens is 602 g/mol. The lowest BCUT2D eigenvalue weighted by molar-refractivity contribution is -0.124. The summed E-state index contributed by atoms with van der Waals surface area (Å²) in [5.41, 5.74) is 20.8. The fraction of sp³-hybridized carbons (Fsp3) is 0.343. The molecule has 0 bridgehead atoms. The molecular formula is C35H39N5O5S. The van der Waals surface area contributed by atoms with Crippen LogP contribution in [0.5, 0.6) is 11.5 Å². The lowest BCUT2D eigenvalue weighted by atomic mass is 9.69. The minimum atomic E-state index is -1.58. The predicted octanol–water partition coefficient (Wildman–Crippen LogP) is 5.50. The number of nitrogens with zero attached hydrogens (tertiary/aromatic N) is 1. The maximum absolute atomic E-state index is 14.3. The lowest BCUT2D eigenvalue weighted by Crippen LogP contribution is -2.53. The number of hydrogen-bond donors (Lipinski definition) is 4. The molecule has 3 atom stereocenters. The zero-order chi connectivity index (χ0) is 33.0. The van der Waals surface area contributed by atoms with Gasteiger partial charge in [0.1, 0.15) is 22.6 Å². The van der Waals surface area contributed by atoms with Crippen molar-refractivity contribution in [2.24, 2.45) is 11.5 Å². The average molecular weight is 642 g/mol. The summed E-state index contributed by atoms with van der Waals surface area (Å²) in [6.07, 6.45) is 0.990. The smallest absolute Gasteiger partial charge is 0.410 e. The van der Waals surface area contributed by atoms with Crippen LogP contribution in [0.25, 0.3) is 10.1 Å². The van der Waals surface area contributed by atoms with Gasteiger partial charge in [0.25, 0.3) is 5.91 Å². The summed E-state index contributed by atoms with van der Waals surface area (Å²) in [6.45, 7) is 8.19. The van der Waals surface area contributed by atoms with E-state index in [0.717, 1.165) is 5.56 Å². The summed E-state index contributed by atoms with van der Waals surface area (Å²) in [7, 11) is 0. The number of hydrogen-bond acceptors (Lipinski definition) is 9. The Morgan fingerprint density at radius 3 is 2.46 bits per heavy atom. The SMILES string of the molecule is Cc1cc(Oc2ccccc2)ccc1C1(N)C(=O)C(N)c2c(C(=O)N[C@@H]3CCCN(C(=O)OC(C)(C)C)C3)sc3c(N)ccc1c23. The first-order valence-electron chi connectivity index (χ1n) is 15.3. The van der Waals surface area contributed by atoms with Crippen LogP contribution < -0.4 is 27.3 Å². The van der Waals surface area contributed by atoms with Gasteiger partial charge in [-0.1, -0.05) is 30.3 Å². The standard InChI is InChI=1S/C35H39N5O5S/c1-19-17-22(44-21-10-6-5-7-11-21)12-13-23(19)35(38)24-14-15-25(36)29-26(24)27(28(37)31(35)41)30(46-29)32(42)39-20-9-8-16-40(18-20)33(43)45-34(2,3)4/h5-7,10-15,17,20,28H,8-9,16,18,36-38H2,1-4H3,(H,39,42)/t20-,28?,35?/m1/s1. The van der Waals surface area contributed by atoms with Crippen LogP contribution in [-0.4, -0.2) is 47.4 Å². The molecule has 7 N–H and O–H groups in total. The van der Waals surface area contributed by atoms with Gasteiger partial charge >= 0.3 is 6.09 Å². The van der Waals surface area contributed by atoms with Crippen LogP contribution in [0.2, 0.25) is 0 Å². The first-order chi connectivity index (χ1) is 21.8. The number of anilines is 1. The third kappa shape index (κ3) is 5.59. The van der Waals surface area contributed by atoms with Crippen molar-refractivity contribution in [3.63, 3.8) is 0 Å². The molecule has 1 aliphatic carbocycles. The molecule has 1 fully saturated rings. The fourth-order valence-electron chi connectivity index (χ4n) is 6.43. The third-order valence-electron chi connectivity index (χ3n) is 8.53. The minimum absolute atomic E-state index is 0.300. The van der Waals surface area contributed by atoms with Gasteiger partial charge in [-0.25, -0.2) is 4.79 Å². The van der Waals surface area contributed by atoms with E-state index < -0.39 is 29.1 Å². The Morgan fingerprint density at radius 1 is 1.04 bits per heavy atom. The minimum Gasteiger partial charge on any atom is -0.457 e. The molecule has 240 valence electrons. The van der Waals surface area contributed by atoms with Crippen molar-refractivity contribution in [1.82, 2.24) is 10.2 Å². The van der Waals surface area contributed by atoms with Crippen LogP contribution in [0.3, 0.4) is 0 Å². The number of Topliss-reactive ketones (excluding diaryl/α,β-unsaturated/α-hetero) is 1.